The maximum atomic E-state index is 16.3. The second kappa shape index (κ2) is 11.4. The fourth-order valence-electron chi connectivity index (χ4n) is 5.01. The Bertz CT molecular complexity index is 930. The van der Waals surface area contributed by atoms with E-state index in [1.165, 1.54) is 0 Å². The highest BCUT2D eigenvalue weighted by atomic mass is 19.1. The standard InChI is InChI=1S/C27H40FN5/c1-9-25(30-8)27(18-19(3)4,26(5,6)28)23-15-14-21(17-24(23)32-33-31-10-2)20-12-11-13-22(16-20)29-7/h10-17,19,25,30-33H,2,7,9,18H2,1,3-6,8H3. The molecule has 2 rings (SSSR count). The lowest BCUT2D eigenvalue weighted by Gasteiger charge is -2.49. The minimum atomic E-state index is -1.49. The molecule has 0 heterocycles. The van der Waals surface area contributed by atoms with Gasteiger partial charge in [0.15, 0.2) is 0 Å². The maximum Gasteiger partial charge on any atom is 0.116 e. The second-order valence-corrected chi connectivity index (χ2v) is 9.36. The first-order valence-electron chi connectivity index (χ1n) is 11.6. The van der Waals surface area contributed by atoms with Crippen LogP contribution in [0.15, 0.2) is 60.2 Å². The molecule has 0 aromatic heterocycles. The normalized spacial score (nSPS) is 14.4. The zero-order valence-corrected chi connectivity index (χ0v) is 20.9. The average Bonchev–Trinajstić information content (AvgIpc) is 2.78. The number of hydrogen-bond donors (Lipinski definition) is 4. The summed E-state index contributed by atoms with van der Waals surface area (Å²) in [5.74, 6) is 0.296. The lowest BCUT2D eigenvalue weighted by molar-refractivity contribution is 0.0395. The summed E-state index contributed by atoms with van der Waals surface area (Å²) < 4.78 is 16.3. The van der Waals surface area contributed by atoms with Crippen molar-refractivity contribution in [1.29, 1.82) is 0 Å². The van der Waals surface area contributed by atoms with Crippen LogP contribution in [0.4, 0.5) is 15.8 Å². The number of benzene rings is 2. The lowest BCUT2D eigenvalue weighted by atomic mass is 9.60. The average molecular weight is 454 g/mol. The zero-order valence-electron chi connectivity index (χ0n) is 20.9. The molecular formula is C27H40FN5. The molecule has 2 unspecified atom stereocenters. The summed E-state index contributed by atoms with van der Waals surface area (Å²) in [5.41, 5.74) is 11.3. The van der Waals surface area contributed by atoms with Gasteiger partial charge in [0.25, 0.3) is 0 Å². The fourth-order valence-corrected chi connectivity index (χ4v) is 5.01. The number of hydrazine groups is 2. The van der Waals surface area contributed by atoms with Crippen LogP contribution < -0.4 is 21.7 Å². The molecule has 0 saturated carbocycles. The van der Waals surface area contributed by atoms with E-state index in [2.05, 4.69) is 79.0 Å². The Hall–Kier alpha value is -2.70. The van der Waals surface area contributed by atoms with E-state index < -0.39 is 11.1 Å². The molecule has 0 spiro atoms. The third-order valence-electron chi connectivity index (χ3n) is 6.38. The van der Waals surface area contributed by atoms with E-state index in [0.717, 1.165) is 34.5 Å². The van der Waals surface area contributed by atoms with Crippen molar-refractivity contribution < 1.29 is 4.39 Å². The second-order valence-electron chi connectivity index (χ2n) is 9.36. The molecular weight excluding hydrogens is 413 g/mol. The Labute approximate surface area is 198 Å². The number of alkyl halides is 1. The van der Waals surface area contributed by atoms with Crippen molar-refractivity contribution in [2.45, 2.75) is 64.6 Å². The molecule has 0 radical (unpaired) electrons. The van der Waals surface area contributed by atoms with E-state index in [-0.39, 0.29) is 6.04 Å². The fraction of sp³-hybridized carbons (Fsp3) is 0.444. The van der Waals surface area contributed by atoms with E-state index in [1.54, 1.807) is 20.0 Å². The van der Waals surface area contributed by atoms with Gasteiger partial charge in [0.05, 0.1) is 11.4 Å². The first kappa shape index (κ1) is 26.6. The van der Waals surface area contributed by atoms with Crippen molar-refractivity contribution in [1.82, 2.24) is 16.3 Å². The number of likely N-dealkylation sites (N-methyl/N-ethyl adjacent to an activating group) is 1. The minimum absolute atomic E-state index is 0.0630. The van der Waals surface area contributed by atoms with Gasteiger partial charge in [0.2, 0.25) is 0 Å². The van der Waals surface area contributed by atoms with Crippen molar-refractivity contribution in [2.24, 2.45) is 10.9 Å². The third-order valence-corrected chi connectivity index (χ3v) is 6.38. The number of nitrogens with zero attached hydrogens (tertiary/aromatic N) is 1. The SMILES string of the molecule is C=CNNNc1cc(-c2cccc(N=C)c2)ccc1C(CC(C)C)(C(CC)NC)C(C)(C)F. The third kappa shape index (κ3) is 5.81. The molecule has 180 valence electrons. The van der Waals surface area contributed by atoms with Gasteiger partial charge in [0, 0.05) is 17.7 Å². The number of aliphatic imine (C=N–C) groups is 1. The van der Waals surface area contributed by atoms with Crippen LogP contribution in [0.1, 0.15) is 53.0 Å². The summed E-state index contributed by atoms with van der Waals surface area (Å²) >= 11 is 0. The maximum absolute atomic E-state index is 16.3. The topological polar surface area (TPSA) is 60.5 Å². The van der Waals surface area contributed by atoms with Crippen LogP contribution >= 0.6 is 0 Å². The molecule has 4 N–H and O–H groups in total. The minimum Gasteiger partial charge on any atom is -0.316 e. The molecule has 0 fully saturated rings. The zero-order chi connectivity index (χ0) is 24.6. The molecule has 5 nitrogen and oxygen atoms in total. The summed E-state index contributed by atoms with van der Waals surface area (Å²) in [6.45, 7) is 17.1. The summed E-state index contributed by atoms with van der Waals surface area (Å²) in [6.07, 6.45) is 3.02. The Morgan fingerprint density at radius 1 is 1.12 bits per heavy atom. The molecule has 2 aromatic carbocycles. The molecule has 2 aromatic rings. The van der Waals surface area contributed by atoms with E-state index >= 15 is 4.39 Å². The van der Waals surface area contributed by atoms with Crippen LogP contribution in [0, 0.1) is 5.92 Å². The van der Waals surface area contributed by atoms with Gasteiger partial charge in [-0.15, -0.1) is 0 Å². The van der Waals surface area contributed by atoms with E-state index in [1.807, 2.05) is 31.3 Å². The number of halogens is 1. The van der Waals surface area contributed by atoms with E-state index in [9.17, 15) is 0 Å². The van der Waals surface area contributed by atoms with Gasteiger partial charge in [-0.05, 0) is 81.3 Å². The molecule has 2 atom stereocenters. The molecule has 0 bridgehead atoms. The van der Waals surface area contributed by atoms with Crippen LogP contribution in [-0.2, 0) is 5.41 Å². The van der Waals surface area contributed by atoms with Crippen LogP contribution in [0.5, 0.6) is 0 Å². The van der Waals surface area contributed by atoms with Gasteiger partial charge in [-0.2, -0.15) is 5.53 Å². The molecule has 0 aliphatic carbocycles. The predicted octanol–water partition coefficient (Wildman–Crippen LogP) is 6.28. The summed E-state index contributed by atoms with van der Waals surface area (Å²) in [6, 6.07) is 14.0. The monoisotopic (exact) mass is 453 g/mol. The van der Waals surface area contributed by atoms with Crippen molar-refractivity contribution in [3.05, 3.63) is 60.8 Å². The van der Waals surface area contributed by atoms with Crippen molar-refractivity contribution in [3.63, 3.8) is 0 Å². The van der Waals surface area contributed by atoms with Crippen LogP contribution in [0.25, 0.3) is 11.1 Å². The van der Waals surface area contributed by atoms with Gasteiger partial charge in [-0.3, -0.25) is 4.99 Å². The number of hydrogen-bond acceptors (Lipinski definition) is 5. The number of anilines is 1. The Kier molecular flexibility index (Phi) is 9.20. The van der Waals surface area contributed by atoms with Gasteiger partial charge in [-0.25, -0.2) is 4.39 Å². The van der Waals surface area contributed by atoms with E-state index in [4.69, 9.17) is 0 Å². The first-order valence-corrected chi connectivity index (χ1v) is 11.6. The van der Waals surface area contributed by atoms with Gasteiger partial charge in [-0.1, -0.05) is 51.6 Å². The molecule has 33 heavy (non-hydrogen) atoms. The van der Waals surface area contributed by atoms with E-state index in [0.29, 0.717) is 12.3 Å². The number of nitrogens with one attached hydrogen (secondary N) is 4. The van der Waals surface area contributed by atoms with Crippen molar-refractivity contribution in [3.8, 4) is 11.1 Å². The van der Waals surface area contributed by atoms with Gasteiger partial charge >= 0.3 is 0 Å². The summed E-state index contributed by atoms with van der Waals surface area (Å²) in [4.78, 5) is 4.05. The van der Waals surface area contributed by atoms with Crippen molar-refractivity contribution >= 4 is 18.1 Å². The molecule has 0 aliphatic rings. The van der Waals surface area contributed by atoms with Crippen LogP contribution in [0.2, 0.25) is 0 Å². The predicted molar refractivity (Wildman–Crippen MR) is 141 cm³/mol. The Morgan fingerprint density at radius 2 is 1.82 bits per heavy atom. The van der Waals surface area contributed by atoms with Gasteiger partial charge < -0.3 is 16.2 Å². The number of rotatable bonds is 13. The first-order chi connectivity index (χ1) is 15.6. The highest BCUT2D eigenvalue weighted by Gasteiger charge is 2.52. The largest absolute Gasteiger partial charge is 0.316 e. The Morgan fingerprint density at radius 3 is 2.36 bits per heavy atom. The summed E-state index contributed by atoms with van der Waals surface area (Å²) in [5, 5.41) is 3.42. The molecule has 6 heteroatoms. The highest BCUT2D eigenvalue weighted by Crippen LogP contribution is 2.49. The van der Waals surface area contributed by atoms with Crippen molar-refractivity contribution in [2.75, 3.05) is 12.5 Å². The van der Waals surface area contributed by atoms with Crippen LogP contribution in [0.3, 0.4) is 0 Å². The smallest absolute Gasteiger partial charge is 0.116 e. The highest BCUT2D eigenvalue weighted by molar-refractivity contribution is 5.73. The molecule has 0 saturated heterocycles. The Balaban J connectivity index is 2.79. The summed E-state index contributed by atoms with van der Waals surface area (Å²) in [7, 11) is 1.92. The lowest BCUT2D eigenvalue weighted by Crippen LogP contribution is -2.58. The van der Waals surface area contributed by atoms with Gasteiger partial charge in [0.1, 0.15) is 5.67 Å². The quantitative estimate of drug-likeness (QED) is 0.164. The molecule has 0 aliphatic heterocycles. The molecule has 0 amide bonds. The van der Waals surface area contributed by atoms with Crippen LogP contribution in [-0.4, -0.2) is 25.5 Å².